The van der Waals surface area contributed by atoms with E-state index < -0.39 is 56.6 Å². The van der Waals surface area contributed by atoms with Gasteiger partial charge in [0.25, 0.3) is 5.88 Å². The van der Waals surface area contributed by atoms with Gasteiger partial charge in [0.2, 0.25) is 21.6 Å². The minimum atomic E-state index is -4.98. The number of aliphatic imine (C=N–C) groups is 1. The Morgan fingerprint density at radius 1 is 1.32 bits per heavy atom. The second-order valence-corrected chi connectivity index (χ2v) is 7.43. The van der Waals surface area contributed by atoms with Gasteiger partial charge in [-0.15, -0.1) is 0 Å². The second kappa shape index (κ2) is 9.67. The van der Waals surface area contributed by atoms with E-state index in [1.807, 2.05) is 4.72 Å². The van der Waals surface area contributed by atoms with Crippen LogP contribution in [0.1, 0.15) is 11.3 Å². The van der Waals surface area contributed by atoms with Crippen molar-refractivity contribution < 1.29 is 45.3 Å². The van der Waals surface area contributed by atoms with Crippen LogP contribution in [0.25, 0.3) is 0 Å². The molecule has 31 heavy (non-hydrogen) atoms. The molecule has 0 unspecified atom stereocenters. The summed E-state index contributed by atoms with van der Waals surface area (Å²) in [6, 6.07) is 1.84. The van der Waals surface area contributed by atoms with Crippen molar-refractivity contribution in [2.24, 2.45) is 10.7 Å². The van der Waals surface area contributed by atoms with E-state index in [4.69, 9.17) is 10.5 Å². The number of benzene rings is 1. The summed E-state index contributed by atoms with van der Waals surface area (Å²) in [5.74, 6) is -4.50. The van der Waals surface area contributed by atoms with Crippen molar-refractivity contribution in [3.63, 3.8) is 0 Å². The van der Waals surface area contributed by atoms with Gasteiger partial charge in [0.1, 0.15) is 18.2 Å². The van der Waals surface area contributed by atoms with Crippen LogP contribution < -0.4 is 20.7 Å². The van der Waals surface area contributed by atoms with Crippen LogP contribution in [0.2, 0.25) is 0 Å². The first-order valence-electron chi connectivity index (χ1n) is 8.00. The second-order valence-electron chi connectivity index (χ2n) is 5.62. The molecule has 170 valence electrons. The highest BCUT2D eigenvalue weighted by Gasteiger charge is 2.34. The molecule has 0 aliphatic carbocycles. The quantitative estimate of drug-likeness (QED) is 0.130. The largest absolute Gasteiger partial charge is 0.472 e. The molecule has 1 aromatic carbocycles. The monoisotopic (exact) mass is 470 g/mol. The number of rotatable bonds is 9. The van der Waals surface area contributed by atoms with Crippen molar-refractivity contribution in [3.8, 4) is 5.88 Å². The number of hydrogen-bond donors (Lipinski definition) is 4. The number of nitrogens with zero attached hydrogens (tertiary/aromatic N) is 3. The van der Waals surface area contributed by atoms with Crippen LogP contribution in [0.3, 0.4) is 0 Å². The number of halogens is 4. The zero-order valence-corrected chi connectivity index (χ0v) is 16.0. The average molecular weight is 470 g/mol. The summed E-state index contributed by atoms with van der Waals surface area (Å²) in [4.78, 5) is 14.3. The highest BCUT2D eigenvalue weighted by molar-refractivity contribution is 7.90. The molecule has 0 aliphatic heterocycles. The predicted octanol–water partition coefficient (Wildman–Crippen LogP) is 0.0681. The molecule has 17 heteroatoms. The minimum Gasteiger partial charge on any atom is -0.472 e. The number of amidine groups is 1. The van der Waals surface area contributed by atoms with E-state index in [9.17, 15) is 36.0 Å². The summed E-state index contributed by atoms with van der Waals surface area (Å²) in [7, 11) is -3.98. The Kier molecular flexibility index (Phi) is 7.47. The fourth-order valence-corrected chi connectivity index (χ4v) is 2.93. The van der Waals surface area contributed by atoms with E-state index in [0.717, 1.165) is 6.07 Å². The lowest BCUT2D eigenvalue weighted by molar-refractivity contribution is -0.140. The number of nitrogens with one attached hydrogen (secondary N) is 2. The molecule has 1 amide bonds. The molecule has 1 heterocycles. The Balaban J connectivity index is 2.15. The minimum absolute atomic E-state index is 0.326. The number of alkyl halides is 3. The molecular formula is C14H14F4N6O6S. The summed E-state index contributed by atoms with van der Waals surface area (Å²) >= 11 is 0. The summed E-state index contributed by atoms with van der Waals surface area (Å²) in [6.07, 6.45) is -4.98. The molecule has 5 N–H and O–H groups in total. The normalized spacial score (nSPS) is 12.6. The Bertz CT molecular complexity index is 1070. The third-order valence-corrected chi connectivity index (χ3v) is 4.59. The third kappa shape index (κ3) is 6.86. The maximum Gasteiger partial charge on any atom is 0.419 e. The molecule has 0 spiro atoms. The first-order chi connectivity index (χ1) is 14.4. The van der Waals surface area contributed by atoms with Crippen molar-refractivity contribution >= 4 is 27.5 Å². The van der Waals surface area contributed by atoms with Crippen LogP contribution in [-0.4, -0.2) is 54.6 Å². The molecule has 2 aromatic rings. The Labute approximate surface area is 171 Å². The highest BCUT2D eigenvalue weighted by atomic mass is 32.2. The van der Waals surface area contributed by atoms with E-state index >= 15 is 0 Å². The number of aromatic nitrogens is 2. The smallest absolute Gasteiger partial charge is 0.419 e. The zero-order chi connectivity index (χ0) is 23.2. The molecular weight excluding hydrogens is 456 g/mol. The molecule has 0 saturated heterocycles. The Hall–Kier alpha value is -3.31. The number of amides is 1. The lowest BCUT2D eigenvalue weighted by Crippen LogP contribution is -2.35. The van der Waals surface area contributed by atoms with Crippen molar-refractivity contribution in [2.45, 2.75) is 6.18 Å². The van der Waals surface area contributed by atoms with Gasteiger partial charge < -0.3 is 10.5 Å². The molecule has 2 rings (SSSR count). The number of nitrogens with two attached hydrogens (primary N) is 1. The van der Waals surface area contributed by atoms with Gasteiger partial charge in [-0.05, 0) is 28.5 Å². The van der Waals surface area contributed by atoms with Crippen molar-refractivity contribution in [1.82, 2.24) is 20.5 Å². The van der Waals surface area contributed by atoms with Crippen LogP contribution in [0.4, 0.5) is 23.2 Å². The molecule has 0 fully saturated rings. The van der Waals surface area contributed by atoms with E-state index in [0.29, 0.717) is 12.1 Å². The number of primary amides is 1. The summed E-state index contributed by atoms with van der Waals surface area (Å²) in [5, 5.41) is 16.0. The number of carbonyl (C=O) groups excluding carboxylic acids is 1. The maximum absolute atomic E-state index is 13.4. The lowest BCUT2D eigenvalue weighted by Gasteiger charge is -2.09. The van der Waals surface area contributed by atoms with E-state index in [2.05, 4.69) is 19.9 Å². The predicted molar refractivity (Wildman–Crippen MR) is 93.3 cm³/mol. The summed E-state index contributed by atoms with van der Waals surface area (Å²) in [6.45, 7) is -0.680. The molecule has 0 aliphatic rings. The third-order valence-electron chi connectivity index (χ3n) is 3.28. The topological polar surface area (TPSA) is 182 Å². The fraction of sp³-hybridized carbons (Fsp3) is 0.286. The number of ether oxygens (including phenoxy) is 1. The van der Waals surface area contributed by atoms with Gasteiger partial charge in [-0.25, -0.2) is 27.2 Å². The van der Waals surface area contributed by atoms with Crippen molar-refractivity contribution in [3.05, 3.63) is 35.3 Å². The van der Waals surface area contributed by atoms with Gasteiger partial charge >= 0.3 is 6.18 Å². The standard InChI is InChI=1S/C14H14F4N6O6S/c15-9-2-1-7(5-8(9)14(16,17)18)21-12(22-26)11-13(24-30-23-11)29-4-3-20-31(27,28)6-10(19)25/h1-2,5,20,26H,3-4,6H2,(H2,19,25)(H,21,22). The van der Waals surface area contributed by atoms with Gasteiger partial charge in [0.15, 0.2) is 5.84 Å². The molecule has 12 nitrogen and oxygen atoms in total. The van der Waals surface area contributed by atoms with Crippen LogP contribution in [0, 0.1) is 5.82 Å². The van der Waals surface area contributed by atoms with Crippen LogP contribution in [-0.2, 0) is 21.0 Å². The lowest BCUT2D eigenvalue weighted by atomic mass is 10.2. The summed E-state index contributed by atoms with van der Waals surface area (Å²) < 4.78 is 86.3. The van der Waals surface area contributed by atoms with E-state index in [1.165, 1.54) is 0 Å². The van der Waals surface area contributed by atoms with Crippen molar-refractivity contribution in [2.75, 3.05) is 18.9 Å². The summed E-state index contributed by atoms with van der Waals surface area (Å²) in [5.41, 5.74) is 3.99. The van der Waals surface area contributed by atoms with Gasteiger partial charge in [0, 0.05) is 6.54 Å². The van der Waals surface area contributed by atoms with E-state index in [1.54, 1.807) is 5.48 Å². The number of carbonyl (C=O) groups is 1. The van der Waals surface area contributed by atoms with Gasteiger partial charge in [0.05, 0.1) is 11.3 Å². The molecule has 0 atom stereocenters. The number of sulfonamides is 1. The number of hydroxylamine groups is 1. The van der Waals surface area contributed by atoms with Crippen LogP contribution >= 0.6 is 0 Å². The van der Waals surface area contributed by atoms with Crippen molar-refractivity contribution in [1.29, 1.82) is 0 Å². The SMILES string of the molecule is NC(=O)CS(=O)(=O)NCCOc1nonc1C(=Nc1ccc(F)c(C(F)(F)F)c1)NO. The zero-order valence-electron chi connectivity index (χ0n) is 15.2. The van der Waals surface area contributed by atoms with Gasteiger partial charge in [-0.2, -0.15) is 13.2 Å². The first-order valence-corrected chi connectivity index (χ1v) is 9.65. The van der Waals surface area contributed by atoms with Crippen LogP contribution in [0.15, 0.2) is 27.8 Å². The van der Waals surface area contributed by atoms with E-state index in [-0.39, 0.29) is 18.8 Å². The van der Waals surface area contributed by atoms with Gasteiger partial charge in [-0.1, -0.05) is 0 Å². The maximum atomic E-state index is 13.4. The highest BCUT2D eigenvalue weighted by Crippen LogP contribution is 2.33. The molecule has 0 radical (unpaired) electrons. The molecule has 0 bridgehead atoms. The Morgan fingerprint density at radius 3 is 2.65 bits per heavy atom. The molecule has 0 saturated carbocycles. The van der Waals surface area contributed by atoms with Crippen LogP contribution in [0.5, 0.6) is 5.88 Å². The van der Waals surface area contributed by atoms with Gasteiger partial charge in [-0.3, -0.25) is 15.5 Å². The molecule has 1 aromatic heterocycles. The first kappa shape index (κ1) is 24.0. The Morgan fingerprint density at radius 2 is 2.03 bits per heavy atom. The average Bonchev–Trinajstić information content (AvgIpc) is 3.11. The number of hydrogen-bond acceptors (Lipinski definition) is 9. The fourth-order valence-electron chi connectivity index (χ4n) is 2.06.